The van der Waals surface area contributed by atoms with Gasteiger partial charge in [0.15, 0.2) is 9.84 Å². The minimum atomic E-state index is -5.10. The van der Waals surface area contributed by atoms with E-state index in [1.54, 1.807) is 0 Å². The first-order valence-electron chi connectivity index (χ1n) is 8.10. The Labute approximate surface area is 173 Å². The van der Waals surface area contributed by atoms with Crippen molar-refractivity contribution in [2.75, 3.05) is 6.54 Å². The minimum absolute atomic E-state index is 0.0377. The van der Waals surface area contributed by atoms with E-state index in [1.165, 1.54) is 35.9 Å². The lowest BCUT2D eigenvalue weighted by Gasteiger charge is -2.16. The maximum Gasteiger partial charge on any atom is 0.419 e. The van der Waals surface area contributed by atoms with Crippen LogP contribution in [0.25, 0.3) is 0 Å². The number of rotatable bonds is 7. The van der Waals surface area contributed by atoms with Crippen molar-refractivity contribution < 1.29 is 38.8 Å². The van der Waals surface area contributed by atoms with E-state index in [0.29, 0.717) is 12.1 Å². The molecule has 0 unspecified atom stereocenters. The van der Waals surface area contributed by atoms with Gasteiger partial charge in [0.05, 0.1) is 16.7 Å². The van der Waals surface area contributed by atoms with Gasteiger partial charge < -0.3 is 4.42 Å². The van der Waals surface area contributed by atoms with Crippen molar-refractivity contribution in [3.63, 3.8) is 0 Å². The van der Waals surface area contributed by atoms with Gasteiger partial charge in [-0.3, -0.25) is 0 Å². The largest absolute Gasteiger partial charge is 0.468 e. The Hall–Kier alpha value is -2.22. The van der Waals surface area contributed by atoms with E-state index in [4.69, 9.17) is 4.42 Å². The summed E-state index contributed by atoms with van der Waals surface area (Å²) in [5.74, 6) is -1.68. The molecule has 1 N–H and O–H groups in total. The molecule has 6 nitrogen and oxygen atoms in total. The van der Waals surface area contributed by atoms with Gasteiger partial charge in [0.1, 0.15) is 21.0 Å². The van der Waals surface area contributed by atoms with Crippen molar-refractivity contribution in [3.05, 3.63) is 71.2 Å². The quantitative estimate of drug-likeness (QED) is 0.513. The zero-order chi connectivity index (χ0) is 22.2. The monoisotopic (exact) mass is 483 g/mol. The van der Waals surface area contributed by atoms with Crippen molar-refractivity contribution >= 4 is 31.2 Å². The van der Waals surface area contributed by atoms with Crippen LogP contribution in [0.3, 0.4) is 0 Å². The van der Waals surface area contributed by atoms with Crippen LogP contribution in [-0.4, -0.2) is 23.4 Å². The normalized spacial score (nSPS) is 14.0. The maximum atomic E-state index is 13.4. The molecule has 0 aliphatic rings. The molecule has 0 aliphatic heterocycles. The summed E-state index contributed by atoms with van der Waals surface area (Å²) in [4.78, 5) is -0.858. The molecule has 162 valence electrons. The topological polar surface area (TPSA) is 93.4 Å². The zero-order valence-electron chi connectivity index (χ0n) is 14.8. The molecule has 30 heavy (non-hydrogen) atoms. The van der Waals surface area contributed by atoms with Gasteiger partial charge in [-0.15, -0.1) is 11.3 Å². The van der Waals surface area contributed by atoms with Crippen LogP contribution in [0.2, 0.25) is 0 Å². The van der Waals surface area contributed by atoms with Gasteiger partial charge in [-0.05, 0) is 41.8 Å². The second-order valence-electron chi connectivity index (χ2n) is 5.97. The highest BCUT2D eigenvalue weighted by molar-refractivity contribution is 7.93. The van der Waals surface area contributed by atoms with Gasteiger partial charge in [0.25, 0.3) is 0 Å². The molecular formula is C17H13F4NO5S3. The molecule has 2 aromatic heterocycles. The molecular weight excluding hydrogens is 470 g/mol. The first kappa shape index (κ1) is 22.5. The molecule has 3 aromatic rings. The van der Waals surface area contributed by atoms with E-state index < -0.39 is 54.1 Å². The summed E-state index contributed by atoms with van der Waals surface area (Å²) in [7, 11) is -8.66. The number of alkyl halides is 3. The third-order valence-corrected chi connectivity index (χ3v) is 8.94. The number of furan rings is 1. The fourth-order valence-electron chi connectivity index (χ4n) is 2.56. The van der Waals surface area contributed by atoms with Gasteiger partial charge >= 0.3 is 6.18 Å². The smallest absolute Gasteiger partial charge is 0.419 e. The Balaban J connectivity index is 1.93. The van der Waals surface area contributed by atoms with Gasteiger partial charge in [0.2, 0.25) is 10.0 Å². The van der Waals surface area contributed by atoms with E-state index in [1.807, 2.05) is 4.72 Å². The first-order valence-corrected chi connectivity index (χ1v) is 12.0. The first-order chi connectivity index (χ1) is 13.9. The standard InChI is InChI=1S/C17H13F4NO5S3/c18-13-6-5-11(9-12(13)17(19,20)21)30(25,26)22-10-15(14-3-1-7-27-14)29(23,24)16-4-2-8-28-16/h1-9,15,22H,10H2/t15-/m0/s1. The van der Waals surface area contributed by atoms with Gasteiger partial charge in [0, 0.05) is 6.54 Å². The number of thiophene rings is 1. The lowest BCUT2D eigenvalue weighted by Crippen LogP contribution is -2.32. The molecule has 2 heterocycles. The van der Waals surface area contributed by atoms with E-state index >= 15 is 0 Å². The molecule has 0 amide bonds. The number of benzene rings is 1. The fraction of sp³-hybridized carbons (Fsp3) is 0.176. The third kappa shape index (κ3) is 4.58. The molecule has 0 bridgehead atoms. The van der Waals surface area contributed by atoms with Crippen LogP contribution in [0.15, 0.2) is 67.6 Å². The number of hydrogen-bond acceptors (Lipinski definition) is 6. The average molecular weight is 483 g/mol. The van der Waals surface area contributed by atoms with Crippen LogP contribution >= 0.6 is 11.3 Å². The highest BCUT2D eigenvalue weighted by Gasteiger charge is 2.36. The predicted octanol–water partition coefficient (Wildman–Crippen LogP) is 3.99. The summed E-state index contributed by atoms with van der Waals surface area (Å²) >= 11 is 0.918. The molecule has 0 radical (unpaired) electrons. The third-order valence-electron chi connectivity index (χ3n) is 4.02. The Morgan fingerprint density at radius 1 is 1.07 bits per heavy atom. The van der Waals surface area contributed by atoms with Crippen LogP contribution in [0.5, 0.6) is 0 Å². The predicted molar refractivity (Wildman–Crippen MR) is 99.5 cm³/mol. The van der Waals surface area contributed by atoms with Crippen molar-refractivity contribution in [1.82, 2.24) is 4.72 Å². The Morgan fingerprint density at radius 3 is 2.37 bits per heavy atom. The lowest BCUT2D eigenvalue weighted by molar-refractivity contribution is -0.140. The van der Waals surface area contributed by atoms with E-state index in [0.717, 1.165) is 11.3 Å². The lowest BCUT2D eigenvalue weighted by atomic mass is 10.2. The molecule has 1 aromatic carbocycles. The van der Waals surface area contributed by atoms with Gasteiger partial charge in [-0.2, -0.15) is 13.2 Å². The van der Waals surface area contributed by atoms with Gasteiger partial charge in [-0.25, -0.2) is 25.9 Å². The number of halogens is 4. The second-order valence-corrected chi connectivity index (χ2v) is 11.0. The summed E-state index contributed by atoms with van der Waals surface area (Å²) < 4.78 is 110. The van der Waals surface area contributed by atoms with Crippen LogP contribution in [0.1, 0.15) is 16.6 Å². The molecule has 13 heteroatoms. The number of sulfonamides is 1. The van der Waals surface area contributed by atoms with Crippen LogP contribution < -0.4 is 4.72 Å². The van der Waals surface area contributed by atoms with E-state index in [2.05, 4.69) is 0 Å². The molecule has 0 aliphatic carbocycles. The molecule has 0 fully saturated rings. The van der Waals surface area contributed by atoms with Crippen LogP contribution in [0, 0.1) is 5.82 Å². The number of sulfone groups is 1. The Morgan fingerprint density at radius 2 is 1.80 bits per heavy atom. The SMILES string of the molecule is O=S(=O)(NC[C@@H](c1ccco1)S(=O)(=O)c1cccs1)c1ccc(F)c(C(F)(F)F)c1. The molecule has 0 saturated heterocycles. The summed E-state index contributed by atoms with van der Waals surface area (Å²) in [5.41, 5.74) is -1.75. The fourth-order valence-corrected chi connectivity index (χ4v) is 6.53. The van der Waals surface area contributed by atoms with E-state index in [9.17, 15) is 34.4 Å². The maximum absolute atomic E-state index is 13.4. The average Bonchev–Trinajstić information content (AvgIpc) is 3.35. The summed E-state index contributed by atoms with van der Waals surface area (Å²) in [5, 5.41) is 0.0522. The number of nitrogens with one attached hydrogen (secondary N) is 1. The highest BCUT2D eigenvalue weighted by atomic mass is 32.2. The van der Waals surface area contributed by atoms with Crippen molar-refractivity contribution in [2.24, 2.45) is 0 Å². The van der Waals surface area contributed by atoms with Crippen molar-refractivity contribution in [3.8, 4) is 0 Å². The van der Waals surface area contributed by atoms with Crippen LogP contribution in [0.4, 0.5) is 17.6 Å². The summed E-state index contributed by atoms with van der Waals surface area (Å²) in [6.07, 6.45) is -3.90. The van der Waals surface area contributed by atoms with E-state index in [-0.39, 0.29) is 16.0 Å². The van der Waals surface area contributed by atoms with Crippen molar-refractivity contribution in [1.29, 1.82) is 0 Å². The highest BCUT2D eigenvalue weighted by Crippen LogP contribution is 2.34. The van der Waals surface area contributed by atoms with Gasteiger partial charge in [-0.1, -0.05) is 6.07 Å². The Bertz CT molecular complexity index is 1220. The molecule has 3 rings (SSSR count). The van der Waals surface area contributed by atoms with Crippen LogP contribution in [-0.2, 0) is 26.0 Å². The summed E-state index contributed by atoms with van der Waals surface area (Å²) in [6, 6.07) is 6.76. The number of hydrogen-bond donors (Lipinski definition) is 1. The van der Waals surface area contributed by atoms with Crippen molar-refractivity contribution in [2.45, 2.75) is 20.5 Å². The molecule has 0 spiro atoms. The Kier molecular flexibility index (Phi) is 6.09. The minimum Gasteiger partial charge on any atom is -0.468 e. The second kappa shape index (κ2) is 8.13. The molecule has 1 atom stereocenters. The summed E-state index contributed by atoms with van der Waals surface area (Å²) in [6.45, 7) is -0.713. The molecule has 0 saturated carbocycles. The zero-order valence-corrected chi connectivity index (χ0v) is 17.2.